The third-order valence-electron chi connectivity index (χ3n) is 2.86. The molecular weight excluding hydrogens is 251 g/mol. The van der Waals surface area contributed by atoms with Crippen LogP contribution < -0.4 is 5.32 Å². The number of nitrogens with zero attached hydrogens (tertiary/aromatic N) is 1. The molecule has 1 aliphatic heterocycles. The highest BCUT2D eigenvalue weighted by atomic mass is 32.2. The van der Waals surface area contributed by atoms with Crippen LogP contribution in [-0.4, -0.2) is 16.9 Å². The lowest BCUT2D eigenvalue weighted by molar-refractivity contribution is -0.120. The molecule has 1 N–H and O–H groups in total. The Morgan fingerprint density at radius 1 is 1.61 bits per heavy atom. The Kier molecular flexibility index (Phi) is 4.21. The van der Waals surface area contributed by atoms with Gasteiger partial charge in [0.15, 0.2) is 0 Å². The van der Waals surface area contributed by atoms with Crippen LogP contribution in [0.5, 0.6) is 0 Å². The van der Waals surface area contributed by atoms with E-state index in [1.165, 1.54) is 12.1 Å². The minimum atomic E-state index is -0.451. The first-order valence-electron chi connectivity index (χ1n) is 5.78. The summed E-state index contributed by atoms with van der Waals surface area (Å²) in [6.07, 6.45) is 1.96. The number of thioether (sulfide) groups is 1. The summed E-state index contributed by atoms with van der Waals surface area (Å²) in [4.78, 5) is 11.7. The zero-order valence-corrected chi connectivity index (χ0v) is 10.6. The van der Waals surface area contributed by atoms with Crippen LogP contribution in [0.4, 0.5) is 4.39 Å². The predicted molar refractivity (Wildman–Crippen MR) is 68.4 cm³/mol. The number of benzene rings is 1. The molecule has 1 amide bonds. The molecule has 0 aromatic heterocycles. The molecule has 1 fully saturated rings. The summed E-state index contributed by atoms with van der Waals surface area (Å²) in [7, 11) is 0. The molecule has 1 heterocycles. The van der Waals surface area contributed by atoms with Crippen molar-refractivity contribution in [3.05, 3.63) is 35.1 Å². The molecule has 18 heavy (non-hydrogen) atoms. The molecule has 94 valence electrons. The molecule has 1 saturated heterocycles. The van der Waals surface area contributed by atoms with Gasteiger partial charge in [-0.25, -0.2) is 4.39 Å². The zero-order chi connectivity index (χ0) is 13.0. The quantitative estimate of drug-likeness (QED) is 0.910. The monoisotopic (exact) mass is 264 g/mol. The van der Waals surface area contributed by atoms with E-state index in [9.17, 15) is 9.18 Å². The lowest BCUT2D eigenvalue weighted by atomic mass is 10.1. The molecule has 0 spiro atoms. The van der Waals surface area contributed by atoms with Crippen LogP contribution in [0, 0.1) is 17.1 Å². The molecule has 1 aliphatic rings. The molecule has 0 saturated carbocycles. The van der Waals surface area contributed by atoms with E-state index in [1.54, 1.807) is 17.8 Å². The van der Waals surface area contributed by atoms with E-state index in [0.717, 1.165) is 18.6 Å². The van der Waals surface area contributed by atoms with E-state index in [1.807, 2.05) is 6.07 Å². The van der Waals surface area contributed by atoms with Gasteiger partial charge in [0.25, 0.3) is 0 Å². The maximum atomic E-state index is 13.6. The first-order chi connectivity index (χ1) is 8.70. The molecule has 1 atom stereocenters. The van der Waals surface area contributed by atoms with E-state index < -0.39 is 5.82 Å². The average Bonchev–Trinajstić information content (AvgIpc) is 2.90. The van der Waals surface area contributed by atoms with Gasteiger partial charge in [0, 0.05) is 12.1 Å². The summed E-state index contributed by atoms with van der Waals surface area (Å²) in [6, 6.07) is 6.15. The molecule has 5 heteroatoms. The third-order valence-corrected chi connectivity index (χ3v) is 4.23. The number of nitriles is 1. The van der Waals surface area contributed by atoms with E-state index in [-0.39, 0.29) is 23.3 Å². The topological polar surface area (TPSA) is 52.9 Å². The molecule has 0 radical (unpaired) electrons. The number of nitrogens with one attached hydrogen (secondary N) is 1. The second-order valence-corrected chi connectivity index (χ2v) is 5.45. The van der Waals surface area contributed by atoms with Gasteiger partial charge in [-0.15, -0.1) is 11.8 Å². The number of halogens is 1. The maximum Gasteiger partial charge on any atom is 0.233 e. The Balaban J connectivity index is 1.94. The van der Waals surface area contributed by atoms with Crippen LogP contribution in [0.25, 0.3) is 0 Å². The van der Waals surface area contributed by atoms with Crippen molar-refractivity contribution in [1.82, 2.24) is 5.32 Å². The lowest BCUT2D eigenvalue weighted by Crippen LogP contribution is -2.31. The smallest absolute Gasteiger partial charge is 0.233 e. The summed E-state index contributed by atoms with van der Waals surface area (Å²) in [5, 5.41) is 11.4. The highest BCUT2D eigenvalue weighted by molar-refractivity contribution is 8.00. The first-order valence-corrected chi connectivity index (χ1v) is 6.83. The molecule has 0 aliphatic carbocycles. The van der Waals surface area contributed by atoms with Crippen molar-refractivity contribution in [3.63, 3.8) is 0 Å². The molecule has 3 nitrogen and oxygen atoms in total. The molecule has 2 rings (SSSR count). The molecular formula is C13H13FN2OS. The zero-order valence-electron chi connectivity index (χ0n) is 9.78. The van der Waals surface area contributed by atoms with E-state index in [4.69, 9.17) is 5.26 Å². The predicted octanol–water partition coefficient (Wildman–Crippen LogP) is 2.21. The van der Waals surface area contributed by atoms with Crippen molar-refractivity contribution in [1.29, 1.82) is 5.26 Å². The van der Waals surface area contributed by atoms with Gasteiger partial charge in [0.05, 0.1) is 16.9 Å². The van der Waals surface area contributed by atoms with Crippen LogP contribution in [0.15, 0.2) is 18.2 Å². The highest BCUT2D eigenvalue weighted by Gasteiger charge is 2.23. The van der Waals surface area contributed by atoms with Crippen molar-refractivity contribution in [2.75, 3.05) is 5.75 Å². The fraction of sp³-hybridized carbons (Fsp3) is 0.385. The molecule has 1 unspecified atom stereocenters. The Labute approximate surface area is 109 Å². The second-order valence-electron chi connectivity index (χ2n) is 4.14. The van der Waals surface area contributed by atoms with Crippen LogP contribution >= 0.6 is 11.8 Å². The SMILES string of the molecule is N#Cc1ccc(CNC(=O)C2CCCS2)c(F)c1. The van der Waals surface area contributed by atoms with Crippen LogP contribution in [0.2, 0.25) is 0 Å². The van der Waals surface area contributed by atoms with Crippen molar-refractivity contribution >= 4 is 17.7 Å². The van der Waals surface area contributed by atoms with Crippen LogP contribution in [0.3, 0.4) is 0 Å². The molecule has 0 bridgehead atoms. The number of rotatable bonds is 3. The number of carbonyl (C=O) groups is 1. The number of hydrogen-bond donors (Lipinski definition) is 1. The standard InChI is InChI=1S/C13H13FN2OS/c14-11-6-9(7-15)3-4-10(11)8-16-13(17)12-2-1-5-18-12/h3-4,6,12H,1-2,5,8H2,(H,16,17). The lowest BCUT2D eigenvalue weighted by Gasteiger charge is -2.10. The second kappa shape index (κ2) is 5.87. The number of amides is 1. The largest absolute Gasteiger partial charge is 0.351 e. The fourth-order valence-corrected chi connectivity index (χ4v) is 3.03. The average molecular weight is 264 g/mol. The summed E-state index contributed by atoms with van der Waals surface area (Å²) >= 11 is 1.65. The Morgan fingerprint density at radius 2 is 2.44 bits per heavy atom. The highest BCUT2D eigenvalue weighted by Crippen LogP contribution is 2.26. The van der Waals surface area contributed by atoms with Gasteiger partial charge in [0.1, 0.15) is 5.82 Å². The van der Waals surface area contributed by atoms with Gasteiger partial charge in [-0.1, -0.05) is 6.07 Å². The van der Waals surface area contributed by atoms with Gasteiger partial charge in [-0.3, -0.25) is 4.79 Å². The molecule has 1 aromatic rings. The van der Waals surface area contributed by atoms with Crippen molar-refractivity contribution in [2.45, 2.75) is 24.6 Å². The van der Waals surface area contributed by atoms with Crippen molar-refractivity contribution < 1.29 is 9.18 Å². The van der Waals surface area contributed by atoms with E-state index in [2.05, 4.69) is 5.32 Å². The fourth-order valence-electron chi connectivity index (χ4n) is 1.84. The summed E-state index contributed by atoms with van der Waals surface area (Å²) < 4.78 is 13.6. The van der Waals surface area contributed by atoms with Gasteiger partial charge < -0.3 is 5.32 Å². The van der Waals surface area contributed by atoms with Crippen LogP contribution in [-0.2, 0) is 11.3 Å². The number of carbonyl (C=O) groups excluding carboxylic acids is 1. The minimum absolute atomic E-state index is 0.00597. The summed E-state index contributed by atoms with van der Waals surface area (Å²) in [5.41, 5.74) is 0.694. The summed E-state index contributed by atoms with van der Waals surface area (Å²) in [6.45, 7) is 0.174. The van der Waals surface area contributed by atoms with Crippen LogP contribution in [0.1, 0.15) is 24.0 Å². The van der Waals surface area contributed by atoms with Gasteiger partial charge >= 0.3 is 0 Å². The van der Waals surface area contributed by atoms with E-state index in [0.29, 0.717) is 5.56 Å². The Bertz CT molecular complexity index is 492. The van der Waals surface area contributed by atoms with E-state index >= 15 is 0 Å². The van der Waals surface area contributed by atoms with Crippen molar-refractivity contribution in [2.24, 2.45) is 0 Å². The number of hydrogen-bond acceptors (Lipinski definition) is 3. The first kappa shape index (κ1) is 12.9. The minimum Gasteiger partial charge on any atom is -0.351 e. The van der Waals surface area contributed by atoms with Gasteiger partial charge in [-0.2, -0.15) is 5.26 Å². The van der Waals surface area contributed by atoms with Crippen molar-refractivity contribution in [3.8, 4) is 6.07 Å². The Hall–Kier alpha value is -1.54. The Morgan fingerprint density at radius 3 is 3.06 bits per heavy atom. The van der Waals surface area contributed by atoms with Gasteiger partial charge in [-0.05, 0) is 30.7 Å². The summed E-state index contributed by atoms with van der Waals surface area (Å²) in [5.74, 6) is 0.540. The van der Waals surface area contributed by atoms with Gasteiger partial charge in [0.2, 0.25) is 5.91 Å². The maximum absolute atomic E-state index is 13.6. The molecule has 1 aromatic carbocycles. The normalized spacial score (nSPS) is 18.3. The third kappa shape index (κ3) is 3.02.